The molecule has 0 bridgehead atoms. The number of anilines is 1. The molecule has 2 N–H and O–H groups in total. The fraction of sp³-hybridized carbons (Fsp3) is 0.643. The molecule has 0 fully saturated rings. The normalized spacial score (nSPS) is 12.2. The molecule has 0 spiro atoms. The van der Waals surface area contributed by atoms with E-state index in [0.717, 1.165) is 29.6 Å². The minimum absolute atomic E-state index is 0.0610. The summed E-state index contributed by atoms with van der Waals surface area (Å²) in [4.78, 5) is 7.85. The van der Waals surface area contributed by atoms with Crippen LogP contribution in [0.25, 0.3) is 4.96 Å². The summed E-state index contributed by atoms with van der Waals surface area (Å²) in [7, 11) is 0. The largest absolute Gasteiger partial charge is 0.395 e. The van der Waals surface area contributed by atoms with Crippen LogP contribution < -0.4 is 10.2 Å². The molecule has 0 aliphatic rings. The Morgan fingerprint density at radius 1 is 1.45 bits per heavy atom. The summed E-state index contributed by atoms with van der Waals surface area (Å²) in [5, 5.41) is 14.8. The zero-order valence-electron chi connectivity index (χ0n) is 12.7. The van der Waals surface area contributed by atoms with Crippen molar-refractivity contribution in [1.82, 2.24) is 14.7 Å². The maximum atomic E-state index is 9.22. The monoisotopic (exact) mass is 296 g/mol. The highest BCUT2D eigenvalue weighted by Crippen LogP contribution is 2.25. The number of nitrogens with zero attached hydrogens (tertiary/aromatic N) is 3. The lowest BCUT2D eigenvalue weighted by molar-refractivity contribution is 0.302. The van der Waals surface area contributed by atoms with E-state index in [-0.39, 0.29) is 12.1 Å². The van der Waals surface area contributed by atoms with Crippen LogP contribution in [0.1, 0.15) is 33.4 Å². The van der Waals surface area contributed by atoms with Crippen LogP contribution in [-0.2, 0) is 6.54 Å². The molecule has 2 heterocycles. The standard InChI is InChI=1S/C14H24N4OS/c1-5-17(6-8-19)12-11(10-15-14(2,3)4)18-7-9-20-13(18)16-12/h7,9,15,19H,5-6,8,10H2,1-4H3. The van der Waals surface area contributed by atoms with Gasteiger partial charge in [0.25, 0.3) is 0 Å². The van der Waals surface area contributed by atoms with Gasteiger partial charge in [-0.2, -0.15) is 0 Å². The number of imidazole rings is 1. The number of aliphatic hydroxyl groups is 1. The summed E-state index contributed by atoms with van der Waals surface area (Å²) in [6.45, 7) is 10.9. The van der Waals surface area contributed by atoms with E-state index in [1.54, 1.807) is 11.3 Å². The average molecular weight is 296 g/mol. The first-order chi connectivity index (χ1) is 9.46. The molecule has 0 saturated carbocycles. The second-order valence-corrected chi connectivity index (χ2v) is 6.72. The van der Waals surface area contributed by atoms with Crippen LogP contribution in [0.5, 0.6) is 0 Å². The van der Waals surface area contributed by atoms with Crippen molar-refractivity contribution in [2.24, 2.45) is 0 Å². The highest BCUT2D eigenvalue weighted by Gasteiger charge is 2.19. The molecule has 112 valence electrons. The van der Waals surface area contributed by atoms with Gasteiger partial charge in [0.1, 0.15) is 0 Å². The van der Waals surface area contributed by atoms with E-state index in [2.05, 4.69) is 53.9 Å². The number of aromatic nitrogens is 2. The van der Waals surface area contributed by atoms with E-state index in [4.69, 9.17) is 4.98 Å². The minimum atomic E-state index is 0.0610. The van der Waals surface area contributed by atoms with Gasteiger partial charge >= 0.3 is 0 Å². The molecule has 20 heavy (non-hydrogen) atoms. The van der Waals surface area contributed by atoms with Crippen molar-refractivity contribution in [3.8, 4) is 0 Å². The van der Waals surface area contributed by atoms with Gasteiger partial charge in [-0.05, 0) is 27.7 Å². The fourth-order valence-corrected chi connectivity index (χ4v) is 2.85. The predicted octanol–water partition coefficient (Wildman–Crippen LogP) is 2.10. The van der Waals surface area contributed by atoms with Gasteiger partial charge in [-0.25, -0.2) is 4.98 Å². The minimum Gasteiger partial charge on any atom is -0.395 e. The van der Waals surface area contributed by atoms with E-state index in [0.29, 0.717) is 6.54 Å². The SMILES string of the molecule is CCN(CCO)c1nc2sccn2c1CNC(C)(C)C. The van der Waals surface area contributed by atoms with E-state index < -0.39 is 0 Å². The lowest BCUT2D eigenvalue weighted by atomic mass is 10.1. The summed E-state index contributed by atoms with van der Waals surface area (Å²) in [6.07, 6.45) is 2.06. The van der Waals surface area contributed by atoms with Gasteiger partial charge in [-0.3, -0.25) is 4.40 Å². The van der Waals surface area contributed by atoms with Crippen molar-refractivity contribution in [2.45, 2.75) is 39.8 Å². The van der Waals surface area contributed by atoms with Crippen LogP contribution in [0.3, 0.4) is 0 Å². The van der Waals surface area contributed by atoms with Gasteiger partial charge in [0.2, 0.25) is 0 Å². The highest BCUT2D eigenvalue weighted by atomic mass is 32.1. The third-order valence-corrected chi connectivity index (χ3v) is 3.93. The van der Waals surface area contributed by atoms with Crippen molar-refractivity contribution in [3.05, 3.63) is 17.3 Å². The second kappa shape index (κ2) is 6.11. The lowest BCUT2D eigenvalue weighted by Gasteiger charge is -2.24. The maximum Gasteiger partial charge on any atom is 0.195 e. The number of nitrogens with one attached hydrogen (secondary N) is 1. The first kappa shape index (κ1) is 15.3. The molecule has 0 aromatic carbocycles. The summed E-state index contributed by atoms with van der Waals surface area (Å²) >= 11 is 1.64. The van der Waals surface area contributed by atoms with Crippen LogP contribution in [0.2, 0.25) is 0 Å². The van der Waals surface area contributed by atoms with Gasteiger partial charge in [0.05, 0.1) is 12.3 Å². The van der Waals surface area contributed by atoms with E-state index in [1.165, 1.54) is 0 Å². The number of aliphatic hydroxyl groups excluding tert-OH is 1. The van der Waals surface area contributed by atoms with Crippen LogP contribution in [0.4, 0.5) is 5.82 Å². The molecule has 2 rings (SSSR count). The summed E-state index contributed by atoms with van der Waals surface area (Å²) in [5.74, 6) is 0.977. The Balaban J connectivity index is 2.34. The molecule has 0 aliphatic heterocycles. The van der Waals surface area contributed by atoms with Crippen molar-refractivity contribution < 1.29 is 5.11 Å². The number of hydrogen-bond donors (Lipinski definition) is 2. The van der Waals surface area contributed by atoms with Crippen LogP contribution in [0.15, 0.2) is 11.6 Å². The van der Waals surface area contributed by atoms with Crippen molar-refractivity contribution >= 4 is 22.1 Å². The third kappa shape index (κ3) is 3.31. The molecular formula is C14H24N4OS. The molecule has 6 heteroatoms. The molecule has 5 nitrogen and oxygen atoms in total. The topological polar surface area (TPSA) is 52.8 Å². The van der Waals surface area contributed by atoms with E-state index in [9.17, 15) is 5.11 Å². The predicted molar refractivity (Wildman–Crippen MR) is 84.6 cm³/mol. The fourth-order valence-electron chi connectivity index (χ4n) is 2.12. The molecule has 2 aromatic rings. The number of hydrogen-bond acceptors (Lipinski definition) is 5. The average Bonchev–Trinajstić information content (AvgIpc) is 2.93. The Morgan fingerprint density at radius 3 is 2.80 bits per heavy atom. The lowest BCUT2D eigenvalue weighted by Crippen LogP contribution is -2.36. The van der Waals surface area contributed by atoms with Gasteiger partial charge in [-0.1, -0.05) is 0 Å². The molecule has 0 radical (unpaired) electrons. The smallest absolute Gasteiger partial charge is 0.195 e. The summed E-state index contributed by atoms with van der Waals surface area (Å²) in [6, 6.07) is 0. The first-order valence-electron chi connectivity index (χ1n) is 7.01. The Labute approximate surface area is 124 Å². The van der Waals surface area contributed by atoms with Crippen LogP contribution in [0, 0.1) is 0 Å². The second-order valence-electron chi connectivity index (χ2n) is 5.84. The molecule has 2 aromatic heterocycles. The molecule has 0 aliphatic carbocycles. The molecule has 0 atom stereocenters. The van der Waals surface area contributed by atoms with E-state index >= 15 is 0 Å². The Bertz CT molecular complexity index is 555. The van der Waals surface area contributed by atoms with Crippen molar-refractivity contribution in [2.75, 3.05) is 24.6 Å². The quantitative estimate of drug-likeness (QED) is 0.857. The summed E-state index contributed by atoms with van der Waals surface area (Å²) in [5.41, 5.74) is 1.22. The number of rotatable bonds is 6. The van der Waals surface area contributed by atoms with Crippen LogP contribution >= 0.6 is 11.3 Å². The van der Waals surface area contributed by atoms with Gasteiger partial charge in [0.15, 0.2) is 10.8 Å². The molecular weight excluding hydrogens is 272 g/mol. The Hall–Kier alpha value is -1.11. The molecule has 0 amide bonds. The number of likely N-dealkylation sites (N-methyl/N-ethyl adjacent to an activating group) is 1. The number of thiazole rings is 1. The van der Waals surface area contributed by atoms with Gasteiger partial charge in [-0.15, -0.1) is 11.3 Å². The van der Waals surface area contributed by atoms with Crippen LogP contribution in [-0.4, -0.2) is 39.7 Å². The zero-order valence-corrected chi connectivity index (χ0v) is 13.5. The molecule has 0 saturated heterocycles. The third-order valence-electron chi connectivity index (χ3n) is 3.18. The van der Waals surface area contributed by atoms with E-state index in [1.807, 2.05) is 0 Å². The zero-order chi connectivity index (χ0) is 14.8. The van der Waals surface area contributed by atoms with Crippen molar-refractivity contribution in [1.29, 1.82) is 0 Å². The Kier molecular flexibility index (Phi) is 4.67. The van der Waals surface area contributed by atoms with Gasteiger partial charge in [0, 0.05) is 36.8 Å². The van der Waals surface area contributed by atoms with Gasteiger partial charge < -0.3 is 15.3 Å². The first-order valence-corrected chi connectivity index (χ1v) is 7.89. The maximum absolute atomic E-state index is 9.22. The Morgan fingerprint density at radius 2 is 2.20 bits per heavy atom. The summed E-state index contributed by atoms with van der Waals surface area (Å²) < 4.78 is 2.14. The molecule has 0 unspecified atom stereocenters. The van der Waals surface area contributed by atoms with Crippen molar-refractivity contribution in [3.63, 3.8) is 0 Å². The number of fused-ring (bicyclic) bond motifs is 1. The highest BCUT2D eigenvalue weighted by molar-refractivity contribution is 7.15.